The molecule has 1 N–H and O–H groups in total. The van der Waals surface area contributed by atoms with Gasteiger partial charge in [0.1, 0.15) is 11.4 Å². The van der Waals surface area contributed by atoms with E-state index in [9.17, 15) is 9.59 Å². The zero-order valence-electron chi connectivity index (χ0n) is 24.4. The lowest BCUT2D eigenvalue weighted by Crippen LogP contribution is -2.27. The van der Waals surface area contributed by atoms with Crippen LogP contribution in [0.1, 0.15) is 38.8 Å². The summed E-state index contributed by atoms with van der Waals surface area (Å²) in [5.74, 6) is 1.01. The molecular formula is C30H37ClN6O4. The number of aromatic nitrogens is 4. The summed E-state index contributed by atoms with van der Waals surface area (Å²) >= 11 is 6.19. The molecule has 0 radical (unpaired) electrons. The van der Waals surface area contributed by atoms with Crippen LogP contribution in [0.5, 0.6) is 5.75 Å². The molecule has 0 bridgehead atoms. The van der Waals surface area contributed by atoms with E-state index in [1.165, 1.54) is 0 Å². The van der Waals surface area contributed by atoms with Gasteiger partial charge in [0.05, 0.1) is 23.6 Å². The number of carbonyl (C=O) groups excluding carboxylic acids is 1. The van der Waals surface area contributed by atoms with Gasteiger partial charge < -0.3 is 19.4 Å². The highest BCUT2D eigenvalue weighted by Crippen LogP contribution is 2.33. The Morgan fingerprint density at radius 1 is 1.15 bits per heavy atom. The third-order valence-electron chi connectivity index (χ3n) is 6.65. The Morgan fingerprint density at radius 3 is 2.56 bits per heavy atom. The second-order valence-electron chi connectivity index (χ2n) is 11.0. The quantitative estimate of drug-likeness (QED) is 0.252. The van der Waals surface area contributed by atoms with Crippen LogP contribution in [0.4, 0.5) is 5.69 Å². The maximum atomic E-state index is 13.5. The number of anilines is 1. The van der Waals surface area contributed by atoms with Crippen molar-refractivity contribution >= 4 is 23.2 Å². The Labute approximate surface area is 244 Å². The number of nitrogens with zero attached hydrogens (tertiary/aromatic N) is 5. The fourth-order valence-corrected chi connectivity index (χ4v) is 4.90. The van der Waals surface area contributed by atoms with Crippen molar-refractivity contribution in [2.45, 2.75) is 40.0 Å². The first-order valence-electron chi connectivity index (χ1n) is 13.5. The van der Waals surface area contributed by atoms with Gasteiger partial charge in [0.25, 0.3) is 11.4 Å². The van der Waals surface area contributed by atoms with Crippen LogP contribution in [-0.2, 0) is 24.7 Å². The van der Waals surface area contributed by atoms with Crippen molar-refractivity contribution < 1.29 is 13.9 Å². The normalized spacial score (nSPS) is 11.7. The van der Waals surface area contributed by atoms with Gasteiger partial charge in [-0.3, -0.25) is 14.3 Å². The number of likely N-dealkylation sites (N-methyl/N-ethyl adjacent to an activating group) is 1. The lowest BCUT2D eigenvalue weighted by molar-refractivity contribution is -0.118. The smallest absolute Gasteiger partial charge is 0.295 e. The lowest BCUT2D eigenvalue weighted by Gasteiger charge is -2.22. The van der Waals surface area contributed by atoms with Crippen molar-refractivity contribution in [3.05, 3.63) is 75.5 Å². The largest absolute Gasteiger partial charge is 0.493 e. The predicted molar refractivity (Wildman–Crippen MR) is 160 cm³/mol. The number of hydrogen-bond donors (Lipinski definition) is 1. The SMILES string of the molecule is CCOc1ccc(Cl)cc1-c1nnc(CC(C)(C)CC(=O)Nc2c(CCN(C)C)n(C)n(-c3ccccc3)c2=O)o1. The highest BCUT2D eigenvalue weighted by Gasteiger charge is 2.28. The summed E-state index contributed by atoms with van der Waals surface area (Å²) in [5, 5.41) is 11.9. The maximum absolute atomic E-state index is 13.5. The van der Waals surface area contributed by atoms with E-state index in [4.69, 9.17) is 20.8 Å². The van der Waals surface area contributed by atoms with Crippen LogP contribution in [-0.4, -0.2) is 57.6 Å². The number of benzene rings is 2. The molecule has 2 aromatic heterocycles. The van der Waals surface area contributed by atoms with Gasteiger partial charge in [0.2, 0.25) is 11.8 Å². The minimum atomic E-state index is -0.540. The second kappa shape index (κ2) is 12.7. The molecule has 2 heterocycles. The number of rotatable bonds is 12. The van der Waals surface area contributed by atoms with Crippen molar-refractivity contribution in [1.29, 1.82) is 0 Å². The third-order valence-corrected chi connectivity index (χ3v) is 6.89. The summed E-state index contributed by atoms with van der Waals surface area (Å²) in [6, 6.07) is 14.6. The molecule has 0 spiro atoms. The van der Waals surface area contributed by atoms with Crippen LogP contribution >= 0.6 is 11.6 Å². The van der Waals surface area contributed by atoms with E-state index in [0.717, 1.165) is 17.9 Å². The van der Waals surface area contributed by atoms with Crippen molar-refractivity contribution in [3.63, 3.8) is 0 Å². The molecule has 218 valence electrons. The minimum Gasteiger partial charge on any atom is -0.493 e. The summed E-state index contributed by atoms with van der Waals surface area (Å²) in [6.45, 7) is 6.98. The van der Waals surface area contributed by atoms with Gasteiger partial charge in [-0.2, -0.15) is 0 Å². The van der Waals surface area contributed by atoms with Gasteiger partial charge in [0, 0.05) is 37.9 Å². The summed E-state index contributed by atoms with van der Waals surface area (Å²) in [5.41, 5.74) is 1.58. The number of nitrogens with one attached hydrogen (secondary N) is 1. The van der Waals surface area contributed by atoms with Gasteiger partial charge in [0.15, 0.2) is 0 Å². The van der Waals surface area contributed by atoms with Gasteiger partial charge in [-0.05, 0) is 56.8 Å². The van der Waals surface area contributed by atoms with Crippen molar-refractivity contribution in [1.82, 2.24) is 24.5 Å². The molecule has 0 unspecified atom stereocenters. The average Bonchev–Trinajstić information content (AvgIpc) is 3.45. The number of ether oxygens (including phenoxy) is 1. The van der Waals surface area contributed by atoms with Crippen molar-refractivity contribution in [3.8, 4) is 22.9 Å². The monoisotopic (exact) mass is 580 g/mol. The molecule has 1 amide bonds. The fraction of sp³-hybridized carbons (Fsp3) is 0.400. The minimum absolute atomic E-state index is 0.138. The van der Waals surface area contributed by atoms with E-state index < -0.39 is 5.41 Å². The van der Waals surface area contributed by atoms with Crippen LogP contribution in [0.25, 0.3) is 17.1 Å². The van der Waals surface area contributed by atoms with Crippen molar-refractivity contribution in [2.24, 2.45) is 12.5 Å². The zero-order valence-corrected chi connectivity index (χ0v) is 25.2. The first-order chi connectivity index (χ1) is 19.5. The Kier molecular flexibility index (Phi) is 9.35. The molecule has 0 aliphatic heterocycles. The third kappa shape index (κ3) is 7.25. The molecule has 11 heteroatoms. The summed E-state index contributed by atoms with van der Waals surface area (Å²) < 4.78 is 15.0. The molecule has 0 atom stereocenters. The molecular weight excluding hydrogens is 544 g/mol. The molecule has 0 aliphatic rings. The second-order valence-corrected chi connectivity index (χ2v) is 11.4. The van der Waals surface area contributed by atoms with Crippen LogP contribution in [0.3, 0.4) is 0 Å². The molecule has 0 saturated carbocycles. The zero-order chi connectivity index (χ0) is 29.7. The number of amides is 1. The molecule has 10 nitrogen and oxygen atoms in total. The highest BCUT2D eigenvalue weighted by atomic mass is 35.5. The van der Waals surface area contributed by atoms with Gasteiger partial charge >= 0.3 is 0 Å². The molecule has 4 rings (SSSR count). The standard InChI is InChI=1S/C30H37ClN6O4/c1-7-40-24-14-13-20(31)17-22(24)28-34-33-26(41-28)19-30(2,3)18-25(38)32-27-23(15-16-35(4)5)36(6)37(29(27)39)21-11-9-8-10-12-21/h8-14,17H,7,15-16,18-19H2,1-6H3,(H,32,38). The van der Waals surface area contributed by atoms with E-state index in [1.807, 2.05) is 81.8 Å². The van der Waals surface area contributed by atoms with E-state index in [2.05, 4.69) is 15.5 Å². The van der Waals surface area contributed by atoms with E-state index in [-0.39, 0.29) is 17.9 Å². The Morgan fingerprint density at radius 2 is 1.88 bits per heavy atom. The van der Waals surface area contributed by atoms with Crippen LogP contribution in [0.2, 0.25) is 5.02 Å². The molecule has 0 aliphatic carbocycles. The Hall–Kier alpha value is -3.89. The number of halogens is 1. The molecule has 41 heavy (non-hydrogen) atoms. The predicted octanol–water partition coefficient (Wildman–Crippen LogP) is 4.98. The number of carbonyl (C=O) groups is 1. The van der Waals surface area contributed by atoms with E-state index in [0.29, 0.717) is 53.3 Å². The molecule has 4 aromatic rings. The number of para-hydroxylation sites is 1. The topological polar surface area (TPSA) is 107 Å². The fourth-order valence-electron chi connectivity index (χ4n) is 4.72. The van der Waals surface area contributed by atoms with Gasteiger partial charge in [-0.15, -0.1) is 10.2 Å². The molecule has 2 aromatic carbocycles. The lowest BCUT2D eigenvalue weighted by atomic mass is 9.85. The van der Waals surface area contributed by atoms with E-state index >= 15 is 0 Å². The van der Waals surface area contributed by atoms with Gasteiger partial charge in [-0.1, -0.05) is 43.6 Å². The first kappa shape index (κ1) is 30.1. The molecule has 0 saturated heterocycles. The van der Waals surface area contributed by atoms with Gasteiger partial charge in [-0.25, -0.2) is 4.68 Å². The highest BCUT2D eigenvalue weighted by molar-refractivity contribution is 6.30. The first-order valence-corrected chi connectivity index (χ1v) is 13.9. The number of hydrogen-bond acceptors (Lipinski definition) is 7. The van der Waals surface area contributed by atoms with Crippen LogP contribution < -0.4 is 15.6 Å². The van der Waals surface area contributed by atoms with Crippen molar-refractivity contribution in [2.75, 3.05) is 32.6 Å². The van der Waals surface area contributed by atoms with E-state index in [1.54, 1.807) is 22.9 Å². The van der Waals surface area contributed by atoms with Crippen LogP contribution in [0.15, 0.2) is 57.7 Å². The maximum Gasteiger partial charge on any atom is 0.295 e. The summed E-state index contributed by atoms with van der Waals surface area (Å²) in [4.78, 5) is 28.9. The average molecular weight is 581 g/mol. The summed E-state index contributed by atoms with van der Waals surface area (Å²) in [7, 11) is 5.78. The Bertz CT molecular complexity index is 1550. The van der Waals surface area contributed by atoms with Crippen LogP contribution in [0, 0.1) is 5.41 Å². The molecule has 0 fully saturated rings. The summed E-state index contributed by atoms with van der Waals surface area (Å²) in [6.07, 6.45) is 1.09. The Balaban J connectivity index is 1.53.